The van der Waals surface area contributed by atoms with Gasteiger partial charge >= 0.3 is 11.9 Å². The Morgan fingerprint density at radius 3 is 2.04 bits per heavy atom. The second-order valence-corrected chi connectivity index (χ2v) is 4.58. The highest BCUT2D eigenvalue weighted by Gasteiger charge is 2.11. The van der Waals surface area contributed by atoms with Crippen LogP contribution in [0.5, 0.6) is 23.0 Å². The summed E-state index contributed by atoms with van der Waals surface area (Å²) in [6.07, 6.45) is 2.58. The number of aromatic carboxylic acids is 1. The number of rotatable bonds is 4. The topological polar surface area (TPSA) is 145 Å². The predicted octanol–water partition coefficient (Wildman–Crippen LogP) is 2.29. The number of ether oxygens (including phenoxy) is 1. The summed E-state index contributed by atoms with van der Waals surface area (Å²) in [5.41, 5.74) is 0.468. The van der Waals surface area contributed by atoms with Crippen molar-refractivity contribution in [2.75, 3.05) is 7.11 Å². The first-order chi connectivity index (χ1) is 11.8. The Bertz CT molecular complexity index is 772. The van der Waals surface area contributed by atoms with Gasteiger partial charge in [0.1, 0.15) is 5.75 Å². The van der Waals surface area contributed by atoms with Crippen LogP contribution in [-0.4, -0.2) is 44.6 Å². The van der Waals surface area contributed by atoms with Crippen molar-refractivity contribution in [3.05, 3.63) is 53.6 Å². The molecule has 25 heavy (non-hydrogen) atoms. The molecule has 0 amide bonds. The molecule has 0 heterocycles. The van der Waals surface area contributed by atoms with Crippen LogP contribution in [0.25, 0.3) is 6.08 Å². The molecule has 0 spiro atoms. The van der Waals surface area contributed by atoms with Crippen LogP contribution < -0.4 is 4.74 Å². The zero-order valence-electron chi connectivity index (χ0n) is 13.1. The highest BCUT2D eigenvalue weighted by molar-refractivity contribution is 5.89. The highest BCUT2D eigenvalue weighted by Crippen LogP contribution is 2.35. The fraction of sp³-hybridized carbons (Fsp3) is 0.0588. The summed E-state index contributed by atoms with van der Waals surface area (Å²) in [4.78, 5) is 20.6. The van der Waals surface area contributed by atoms with Gasteiger partial charge in [-0.15, -0.1) is 0 Å². The van der Waals surface area contributed by atoms with Crippen LogP contribution in [0, 0.1) is 0 Å². The zero-order valence-corrected chi connectivity index (χ0v) is 13.1. The molecule has 0 saturated heterocycles. The summed E-state index contributed by atoms with van der Waals surface area (Å²) in [5.74, 6) is -3.63. The first kappa shape index (κ1) is 19.4. The van der Waals surface area contributed by atoms with E-state index in [2.05, 4.69) is 0 Å². The normalized spacial score (nSPS) is 9.96. The minimum atomic E-state index is -1.29. The molecule has 8 nitrogen and oxygen atoms in total. The average molecular weight is 348 g/mol. The zero-order chi connectivity index (χ0) is 19.0. The minimum Gasteiger partial charge on any atom is -0.504 e. The van der Waals surface area contributed by atoms with Crippen LogP contribution in [0.2, 0.25) is 0 Å². The lowest BCUT2D eigenvalue weighted by atomic mass is 10.2. The molecule has 132 valence electrons. The molecule has 2 aromatic rings. The lowest BCUT2D eigenvalue weighted by Gasteiger charge is -2.02. The molecule has 0 bridgehead atoms. The van der Waals surface area contributed by atoms with Gasteiger partial charge in [-0.1, -0.05) is 18.2 Å². The van der Waals surface area contributed by atoms with Gasteiger partial charge in [0, 0.05) is 11.6 Å². The molecule has 2 rings (SSSR count). The van der Waals surface area contributed by atoms with Crippen LogP contribution in [-0.2, 0) is 4.79 Å². The van der Waals surface area contributed by atoms with E-state index in [1.807, 2.05) is 12.1 Å². The monoisotopic (exact) mass is 348 g/mol. The Morgan fingerprint density at radius 2 is 1.56 bits per heavy atom. The lowest BCUT2D eigenvalue weighted by Crippen LogP contribution is -1.95. The summed E-state index contributed by atoms with van der Waals surface area (Å²) in [6, 6.07) is 8.91. The number of aromatic hydroxyl groups is 3. The van der Waals surface area contributed by atoms with Crippen molar-refractivity contribution in [3.8, 4) is 23.0 Å². The fourth-order valence-electron chi connectivity index (χ4n) is 1.69. The van der Waals surface area contributed by atoms with Gasteiger partial charge < -0.3 is 30.3 Å². The summed E-state index contributed by atoms with van der Waals surface area (Å²) >= 11 is 0. The number of carboxylic acid groups (broad SMARTS) is 2. The maximum absolute atomic E-state index is 10.3. The third-order valence-electron chi connectivity index (χ3n) is 2.86. The van der Waals surface area contributed by atoms with Crippen molar-refractivity contribution in [1.82, 2.24) is 0 Å². The number of carbonyl (C=O) groups is 2. The van der Waals surface area contributed by atoms with Crippen LogP contribution in [0.3, 0.4) is 0 Å². The van der Waals surface area contributed by atoms with Gasteiger partial charge in [0.25, 0.3) is 0 Å². The van der Waals surface area contributed by atoms with Crippen LogP contribution in [0.4, 0.5) is 0 Å². The van der Waals surface area contributed by atoms with Gasteiger partial charge in [-0.25, -0.2) is 9.59 Å². The largest absolute Gasteiger partial charge is 0.504 e. The van der Waals surface area contributed by atoms with Crippen LogP contribution in [0.15, 0.2) is 42.5 Å². The predicted molar refractivity (Wildman–Crippen MR) is 88.1 cm³/mol. The maximum atomic E-state index is 10.3. The van der Waals surface area contributed by atoms with Gasteiger partial charge in [-0.05, 0) is 24.3 Å². The number of benzene rings is 2. The minimum absolute atomic E-state index is 0.289. The van der Waals surface area contributed by atoms with Crippen molar-refractivity contribution in [2.45, 2.75) is 0 Å². The van der Waals surface area contributed by atoms with Gasteiger partial charge in [0.2, 0.25) is 0 Å². The number of carboxylic acids is 2. The van der Waals surface area contributed by atoms with E-state index in [9.17, 15) is 9.59 Å². The molecule has 0 atom stereocenters. The molecule has 0 aliphatic heterocycles. The van der Waals surface area contributed by atoms with E-state index in [1.54, 1.807) is 19.2 Å². The van der Waals surface area contributed by atoms with Crippen molar-refractivity contribution in [2.24, 2.45) is 0 Å². The van der Waals surface area contributed by atoms with Crippen molar-refractivity contribution in [3.63, 3.8) is 0 Å². The first-order valence-corrected chi connectivity index (χ1v) is 6.78. The Balaban J connectivity index is 0.000000251. The number of hydrogen-bond donors (Lipinski definition) is 5. The molecule has 0 aromatic heterocycles. The quantitative estimate of drug-likeness (QED) is 0.418. The summed E-state index contributed by atoms with van der Waals surface area (Å²) in [6.45, 7) is 0. The second kappa shape index (κ2) is 8.82. The van der Waals surface area contributed by atoms with Gasteiger partial charge in [-0.2, -0.15) is 0 Å². The average Bonchev–Trinajstić information content (AvgIpc) is 2.58. The number of methoxy groups -OCH3 is 1. The Labute approximate surface area is 142 Å². The number of para-hydroxylation sites is 1. The fourth-order valence-corrected chi connectivity index (χ4v) is 1.69. The molecule has 0 unspecified atom stereocenters. The Hall–Kier alpha value is -3.68. The number of aliphatic carboxylic acids is 1. The van der Waals surface area contributed by atoms with Gasteiger partial charge in [-0.3, -0.25) is 0 Å². The molecule has 0 saturated carbocycles. The van der Waals surface area contributed by atoms with E-state index in [0.29, 0.717) is 5.75 Å². The molecular formula is C17H16O8. The SMILES string of the molecule is COc1ccccc1C=CC(=O)O.O=C(O)c1cc(O)c(O)c(O)c1. The first-order valence-electron chi connectivity index (χ1n) is 6.78. The molecule has 0 fully saturated rings. The molecule has 2 aromatic carbocycles. The van der Waals surface area contributed by atoms with E-state index >= 15 is 0 Å². The Kier molecular flexibility index (Phi) is 6.83. The van der Waals surface area contributed by atoms with Crippen LogP contribution >= 0.6 is 0 Å². The third kappa shape index (κ3) is 5.79. The Morgan fingerprint density at radius 1 is 1.00 bits per heavy atom. The lowest BCUT2D eigenvalue weighted by molar-refractivity contribution is -0.131. The summed E-state index contributed by atoms with van der Waals surface area (Å²) in [5, 5.41) is 43.4. The molecule has 0 radical (unpaired) electrons. The molecule has 5 N–H and O–H groups in total. The third-order valence-corrected chi connectivity index (χ3v) is 2.86. The van der Waals surface area contributed by atoms with Gasteiger partial charge in [0.15, 0.2) is 17.2 Å². The van der Waals surface area contributed by atoms with Crippen LogP contribution in [0.1, 0.15) is 15.9 Å². The smallest absolute Gasteiger partial charge is 0.335 e. The summed E-state index contributed by atoms with van der Waals surface area (Å²) in [7, 11) is 1.55. The van der Waals surface area contributed by atoms with E-state index < -0.39 is 29.2 Å². The summed E-state index contributed by atoms with van der Waals surface area (Å²) < 4.78 is 5.03. The second-order valence-electron chi connectivity index (χ2n) is 4.58. The maximum Gasteiger partial charge on any atom is 0.335 e. The molecular weight excluding hydrogens is 332 g/mol. The van der Waals surface area contributed by atoms with E-state index in [0.717, 1.165) is 23.8 Å². The van der Waals surface area contributed by atoms with E-state index in [4.69, 9.17) is 30.3 Å². The molecule has 0 aliphatic rings. The van der Waals surface area contributed by atoms with Gasteiger partial charge in [0.05, 0.1) is 12.7 Å². The standard InChI is InChI=1S/C10H10O3.C7H6O5/c1-13-9-5-3-2-4-8(9)6-7-10(11)12;8-4-1-3(7(11)12)2-5(9)6(4)10/h2-7H,1H3,(H,11,12);1-2,8-10H,(H,11,12). The molecule has 8 heteroatoms. The van der Waals surface area contributed by atoms with E-state index in [1.165, 1.54) is 6.08 Å². The molecule has 0 aliphatic carbocycles. The number of phenols is 3. The van der Waals surface area contributed by atoms with Crippen molar-refractivity contribution < 1.29 is 39.9 Å². The number of phenolic OH excluding ortho intramolecular Hbond substituents is 3. The van der Waals surface area contributed by atoms with E-state index in [-0.39, 0.29) is 5.56 Å². The van der Waals surface area contributed by atoms with Crippen molar-refractivity contribution in [1.29, 1.82) is 0 Å². The highest BCUT2D eigenvalue weighted by atomic mass is 16.5. The number of hydrogen-bond acceptors (Lipinski definition) is 6. The van der Waals surface area contributed by atoms with Crippen molar-refractivity contribution >= 4 is 18.0 Å².